The number of benzene rings is 1. The van der Waals surface area contributed by atoms with E-state index >= 15 is 0 Å². The molecule has 6 nitrogen and oxygen atoms in total. The van der Waals surface area contributed by atoms with Crippen molar-refractivity contribution >= 4 is 27.7 Å². The van der Waals surface area contributed by atoms with Crippen LogP contribution in [0.15, 0.2) is 29.2 Å². The molecule has 0 bridgehead atoms. The van der Waals surface area contributed by atoms with E-state index in [0.29, 0.717) is 5.75 Å². The minimum Gasteiger partial charge on any atom is -0.289 e. The zero-order chi connectivity index (χ0) is 17.3. The van der Waals surface area contributed by atoms with E-state index in [0.717, 1.165) is 12.0 Å². The highest BCUT2D eigenvalue weighted by molar-refractivity contribution is 8.00. The first-order valence-electron chi connectivity index (χ1n) is 7.42. The molecular formula is C15H22N2O4S2. The molecule has 1 aliphatic rings. The van der Waals surface area contributed by atoms with Crippen LogP contribution in [-0.4, -0.2) is 46.9 Å². The summed E-state index contributed by atoms with van der Waals surface area (Å²) in [6.07, 6.45) is 0.823. The van der Waals surface area contributed by atoms with Crippen molar-refractivity contribution in [2.24, 2.45) is 0 Å². The monoisotopic (exact) mass is 358 g/mol. The number of hydroxylamine groups is 1. The smallest absolute Gasteiger partial charge is 0.263 e. The molecule has 1 amide bonds. The zero-order valence-electron chi connectivity index (χ0n) is 13.4. The van der Waals surface area contributed by atoms with E-state index in [4.69, 9.17) is 5.21 Å². The van der Waals surface area contributed by atoms with Crippen LogP contribution >= 0.6 is 11.8 Å². The lowest BCUT2D eigenvalue weighted by atomic mass is 10.0. The highest BCUT2D eigenvalue weighted by Gasteiger charge is 2.48. The Kier molecular flexibility index (Phi) is 5.40. The topological polar surface area (TPSA) is 86.7 Å². The molecule has 2 N–H and O–H groups in total. The summed E-state index contributed by atoms with van der Waals surface area (Å²) in [4.78, 5) is 12.3. The van der Waals surface area contributed by atoms with Crippen molar-refractivity contribution in [3.05, 3.63) is 29.8 Å². The summed E-state index contributed by atoms with van der Waals surface area (Å²) in [5.74, 6) is -0.120. The van der Waals surface area contributed by atoms with Crippen LogP contribution in [0.25, 0.3) is 0 Å². The van der Waals surface area contributed by atoms with Crippen LogP contribution in [0.4, 0.5) is 0 Å². The Morgan fingerprint density at radius 2 is 2.00 bits per heavy atom. The number of amides is 1. The van der Waals surface area contributed by atoms with Crippen LogP contribution in [0.2, 0.25) is 0 Å². The number of rotatable bonds is 4. The molecule has 8 heteroatoms. The van der Waals surface area contributed by atoms with Gasteiger partial charge in [0.15, 0.2) is 0 Å². The zero-order valence-corrected chi connectivity index (χ0v) is 15.1. The number of nitrogens with one attached hydrogen (secondary N) is 1. The molecule has 1 heterocycles. The summed E-state index contributed by atoms with van der Waals surface area (Å²) in [5, 5.41) is 9.01. The highest BCUT2D eigenvalue weighted by Crippen LogP contribution is 2.38. The van der Waals surface area contributed by atoms with Crippen LogP contribution < -0.4 is 5.48 Å². The lowest BCUT2D eigenvalue weighted by Gasteiger charge is -2.43. The van der Waals surface area contributed by atoms with E-state index in [9.17, 15) is 13.2 Å². The quantitative estimate of drug-likeness (QED) is 0.631. The van der Waals surface area contributed by atoms with Gasteiger partial charge in [-0.3, -0.25) is 10.0 Å². The van der Waals surface area contributed by atoms with Crippen molar-refractivity contribution < 1.29 is 18.4 Å². The number of carbonyl (C=O) groups is 1. The molecule has 0 aliphatic carbocycles. The third kappa shape index (κ3) is 3.55. The lowest BCUT2D eigenvalue weighted by molar-refractivity contribution is -0.134. The van der Waals surface area contributed by atoms with Crippen LogP contribution in [0.5, 0.6) is 0 Å². The van der Waals surface area contributed by atoms with E-state index in [1.54, 1.807) is 43.6 Å². The number of carbonyl (C=O) groups excluding carboxylic acids is 1. The second-order valence-electron chi connectivity index (χ2n) is 5.94. The van der Waals surface area contributed by atoms with E-state index in [-0.39, 0.29) is 11.4 Å². The van der Waals surface area contributed by atoms with Gasteiger partial charge in [-0.2, -0.15) is 16.1 Å². The average molecular weight is 358 g/mol. The van der Waals surface area contributed by atoms with Gasteiger partial charge in [0, 0.05) is 17.0 Å². The second kappa shape index (κ2) is 6.80. The van der Waals surface area contributed by atoms with E-state index < -0.39 is 26.7 Å². The highest BCUT2D eigenvalue weighted by atomic mass is 32.2. The van der Waals surface area contributed by atoms with Gasteiger partial charge in [-0.25, -0.2) is 13.9 Å². The summed E-state index contributed by atoms with van der Waals surface area (Å²) in [6, 6.07) is 5.71. The number of hydrogen-bond acceptors (Lipinski definition) is 5. The molecule has 1 aromatic rings. The third-order valence-corrected chi connectivity index (χ3v) is 7.26. The molecule has 0 aromatic heterocycles. The maximum absolute atomic E-state index is 13.0. The van der Waals surface area contributed by atoms with Crippen LogP contribution in [0.3, 0.4) is 0 Å². The summed E-state index contributed by atoms with van der Waals surface area (Å²) < 4.78 is 26.5. The van der Waals surface area contributed by atoms with Crippen LogP contribution in [0.1, 0.15) is 26.3 Å². The predicted octanol–water partition coefficient (Wildman–Crippen LogP) is 1.64. The molecule has 128 valence electrons. The molecule has 1 unspecified atom stereocenters. The number of sulfonamides is 1. The Hall–Kier alpha value is -1.09. The number of aryl methyl sites for hydroxylation is 1. The lowest BCUT2D eigenvalue weighted by Crippen LogP contribution is -2.61. The summed E-state index contributed by atoms with van der Waals surface area (Å²) >= 11 is 1.52. The maximum Gasteiger partial charge on any atom is 0.263 e. The van der Waals surface area contributed by atoms with Gasteiger partial charge in [0.2, 0.25) is 10.0 Å². The molecule has 23 heavy (non-hydrogen) atoms. The van der Waals surface area contributed by atoms with Crippen molar-refractivity contribution in [2.45, 2.75) is 42.9 Å². The van der Waals surface area contributed by atoms with Gasteiger partial charge in [0.1, 0.15) is 6.04 Å². The molecule has 0 spiro atoms. The third-order valence-electron chi connectivity index (χ3n) is 4.03. The van der Waals surface area contributed by atoms with Gasteiger partial charge in [-0.15, -0.1) is 0 Å². The molecule has 1 fully saturated rings. The van der Waals surface area contributed by atoms with E-state index in [2.05, 4.69) is 0 Å². The minimum atomic E-state index is -3.81. The van der Waals surface area contributed by atoms with Crippen LogP contribution in [-0.2, 0) is 21.2 Å². The Morgan fingerprint density at radius 3 is 2.52 bits per heavy atom. The summed E-state index contributed by atoms with van der Waals surface area (Å²) in [7, 11) is -3.81. The van der Waals surface area contributed by atoms with Gasteiger partial charge in [-0.1, -0.05) is 19.1 Å². The van der Waals surface area contributed by atoms with Crippen molar-refractivity contribution in [3.63, 3.8) is 0 Å². The Bertz CT molecular complexity index is 671. The predicted molar refractivity (Wildman–Crippen MR) is 90.0 cm³/mol. The summed E-state index contributed by atoms with van der Waals surface area (Å²) in [5.41, 5.74) is 2.65. The number of nitrogens with zero attached hydrogens (tertiary/aromatic N) is 1. The Labute approximate surface area is 141 Å². The first-order chi connectivity index (χ1) is 10.7. The fourth-order valence-electron chi connectivity index (χ4n) is 2.75. The fourth-order valence-corrected chi connectivity index (χ4v) is 5.86. The van der Waals surface area contributed by atoms with E-state index in [1.807, 2.05) is 6.92 Å². The summed E-state index contributed by atoms with van der Waals surface area (Å²) in [6.45, 7) is 5.83. The molecular weight excluding hydrogens is 336 g/mol. The van der Waals surface area contributed by atoms with Gasteiger partial charge in [0.05, 0.1) is 4.90 Å². The molecule has 0 radical (unpaired) electrons. The first-order valence-corrected chi connectivity index (χ1v) is 9.85. The molecule has 1 aromatic carbocycles. The van der Waals surface area contributed by atoms with Crippen molar-refractivity contribution in [3.8, 4) is 0 Å². The molecule has 1 aliphatic heterocycles. The van der Waals surface area contributed by atoms with E-state index in [1.165, 1.54) is 16.1 Å². The fraction of sp³-hybridized carbons (Fsp3) is 0.533. The first kappa shape index (κ1) is 18.3. The second-order valence-corrected chi connectivity index (χ2v) is 9.58. The number of thioether (sulfide) groups is 1. The average Bonchev–Trinajstić information content (AvgIpc) is 2.53. The normalized spacial score (nSPS) is 21.8. The van der Waals surface area contributed by atoms with Gasteiger partial charge in [0.25, 0.3) is 5.91 Å². The Balaban J connectivity index is 2.44. The maximum atomic E-state index is 13.0. The number of hydrogen-bond donors (Lipinski definition) is 2. The molecule has 2 rings (SSSR count). The van der Waals surface area contributed by atoms with Gasteiger partial charge >= 0.3 is 0 Å². The standard InChI is InChI=1S/C15H22N2O4S2/c1-4-11-5-7-12(8-6-11)23(20,21)17-9-10-22-15(2,3)13(17)14(18)16-19/h5-8,13,19H,4,9-10H2,1-3H3,(H,16,18). The van der Waals surface area contributed by atoms with Gasteiger partial charge in [-0.05, 0) is 38.0 Å². The van der Waals surface area contributed by atoms with Crippen molar-refractivity contribution in [2.75, 3.05) is 12.3 Å². The van der Waals surface area contributed by atoms with Crippen LogP contribution in [0, 0.1) is 0 Å². The Morgan fingerprint density at radius 1 is 1.39 bits per heavy atom. The minimum absolute atomic E-state index is 0.160. The van der Waals surface area contributed by atoms with Crippen molar-refractivity contribution in [1.29, 1.82) is 0 Å². The van der Waals surface area contributed by atoms with Gasteiger partial charge < -0.3 is 0 Å². The SMILES string of the molecule is CCc1ccc(S(=O)(=O)N2CCSC(C)(C)C2C(=O)NO)cc1. The molecule has 0 saturated carbocycles. The largest absolute Gasteiger partial charge is 0.289 e. The van der Waals surface area contributed by atoms with Crippen molar-refractivity contribution in [1.82, 2.24) is 9.79 Å². The molecule has 1 saturated heterocycles. The molecule has 1 atom stereocenters.